The Morgan fingerprint density at radius 1 is 1.00 bits per heavy atom. The maximum atomic E-state index is 13.4. The van der Waals surface area contributed by atoms with Gasteiger partial charge in [0, 0.05) is 37.1 Å². The Bertz CT molecular complexity index is 1390. The number of nitrogens with zero attached hydrogens (tertiary/aromatic N) is 2. The number of ketones is 1. The van der Waals surface area contributed by atoms with E-state index in [1.165, 1.54) is 4.90 Å². The van der Waals surface area contributed by atoms with Gasteiger partial charge >= 0.3 is 0 Å². The van der Waals surface area contributed by atoms with E-state index >= 15 is 0 Å². The third-order valence-corrected chi connectivity index (χ3v) is 6.52. The normalized spacial score (nSPS) is 17.8. The van der Waals surface area contributed by atoms with Crippen molar-refractivity contribution in [3.63, 3.8) is 0 Å². The predicted octanol–water partition coefficient (Wildman–Crippen LogP) is 5.14. The lowest BCUT2D eigenvalue weighted by atomic mass is 9.95. The number of hydrogen-bond donors (Lipinski definition) is 1. The molecular weight excluding hydrogens is 484 g/mol. The first-order valence-corrected chi connectivity index (χ1v) is 12.5. The summed E-state index contributed by atoms with van der Waals surface area (Å²) in [4.78, 5) is 30.3. The minimum Gasteiger partial charge on any atom is -0.507 e. The topological polar surface area (TPSA) is 88.5 Å². The van der Waals surface area contributed by atoms with E-state index in [1.54, 1.807) is 42.5 Å². The Morgan fingerprint density at radius 3 is 2.34 bits per heavy atom. The fraction of sp³-hybridized carbons (Fsp3) is 0.267. The summed E-state index contributed by atoms with van der Waals surface area (Å²) in [6, 6.07) is 18.7. The van der Waals surface area contributed by atoms with Crippen LogP contribution in [0.1, 0.15) is 31.0 Å². The molecule has 0 aliphatic carbocycles. The highest BCUT2D eigenvalue weighted by Gasteiger charge is 2.47. The molecule has 0 bridgehead atoms. The summed E-state index contributed by atoms with van der Waals surface area (Å²) in [6.45, 7) is 4.77. The van der Waals surface area contributed by atoms with Crippen molar-refractivity contribution in [1.82, 2.24) is 0 Å². The summed E-state index contributed by atoms with van der Waals surface area (Å²) in [6.07, 6.45) is 0. The number of ether oxygens (including phenoxy) is 3. The van der Waals surface area contributed by atoms with Gasteiger partial charge in [-0.15, -0.1) is 0 Å². The number of hydrogen-bond acceptors (Lipinski definition) is 7. The molecule has 1 unspecified atom stereocenters. The third-order valence-electron chi connectivity index (χ3n) is 6.52. The van der Waals surface area contributed by atoms with E-state index in [0.717, 1.165) is 5.69 Å². The van der Waals surface area contributed by atoms with Gasteiger partial charge < -0.3 is 24.2 Å². The molecule has 2 aliphatic rings. The van der Waals surface area contributed by atoms with Crippen molar-refractivity contribution in [2.75, 3.05) is 37.3 Å². The molecule has 0 spiro atoms. The lowest BCUT2D eigenvalue weighted by Crippen LogP contribution is -2.29. The van der Waals surface area contributed by atoms with Gasteiger partial charge in [-0.3, -0.25) is 14.5 Å². The van der Waals surface area contributed by atoms with Crippen LogP contribution in [0.3, 0.4) is 0 Å². The van der Waals surface area contributed by atoms with Crippen LogP contribution in [0.25, 0.3) is 5.76 Å². The van der Waals surface area contributed by atoms with Crippen molar-refractivity contribution in [1.29, 1.82) is 0 Å². The number of fused-ring (bicyclic) bond motifs is 1. The summed E-state index contributed by atoms with van der Waals surface area (Å²) in [5.41, 5.74) is 2.55. The summed E-state index contributed by atoms with van der Waals surface area (Å²) >= 11 is 0. The first kappa shape index (κ1) is 25.2. The molecule has 5 rings (SSSR count). The number of amides is 1. The number of aliphatic hydroxyl groups is 1. The molecule has 2 heterocycles. The lowest BCUT2D eigenvalue weighted by molar-refractivity contribution is -0.132. The Kier molecular flexibility index (Phi) is 6.72. The number of carbonyl (C=O) groups is 2. The van der Waals surface area contributed by atoms with E-state index in [1.807, 2.05) is 43.3 Å². The van der Waals surface area contributed by atoms with Crippen molar-refractivity contribution in [3.8, 4) is 17.2 Å². The van der Waals surface area contributed by atoms with E-state index in [4.69, 9.17) is 14.2 Å². The van der Waals surface area contributed by atoms with Gasteiger partial charge in [-0.2, -0.15) is 0 Å². The second-order valence-corrected chi connectivity index (χ2v) is 9.92. The zero-order valence-electron chi connectivity index (χ0n) is 21.8. The average Bonchev–Trinajstić information content (AvgIpc) is 3.49. The lowest BCUT2D eigenvalue weighted by Gasteiger charge is -2.26. The minimum absolute atomic E-state index is 0.0149. The minimum atomic E-state index is -0.844. The van der Waals surface area contributed by atoms with Crippen molar-refractivity contribution < 1.29 is 28.9 Å². The van der Waals surface area contributed by atoms with E-state index in [2.05, 4.69) is 13.8 Å². The van der Waals surface area contributed by atoms with Gasteiger partial charge in [0.1, 0.15) is 11.5 Å². The van der Waals surface area contributed by atoms with Crippen molar-refractivity contribution in [3.05, 3.63) is 83.4 Å². The largest absolute Gasteiger partial charge is 0.507 e. The van der Waals surface area contributed by atoms with Gasteiger partial charge in [-0.05, 0) is 60.0 Å². The molecule has 3 aromatic rings. The second-order valence-electron chi connectivity index (χ2n) is 9.92. The highest BCUT2D eigenvalue weighted by atomic mass is 16.7. The van der Waals surface area contributed by atoms with E-state index < -0.39 is 17.7 Å². The summed E-state index contributed by atoms with van der Waals surface area (Å²) in [5, 5.41) is 11.4. The molecule has 0 saturated carbocycles. The van der Waals surface area contributed by atoms with Gasteiger partial charge in [0.25, 0.3) is 11.7 Å². The zero-order valence-corrected chi connectivity index (χ0v) is 21.8. The molecule has 1 amide bonds. The molecule has 38 heavy (non-hydrogen) atoms. The number of Topliss-reactive ketones (excluding diaryl/α,β-unsaturated/α-hetero) is 1. The molecular formula is C30H30N2O6. The van der Waals surface area contributed by atoms with Crippen LogP contribution in [0.2, 0.25) is 0 Å². The second kappa shape index (κ2) is 10.1. The van der Waals surface area contributed by atoms with Crippen LogP contribution < -0.4 is 24.0 Å². The maximum Gasteiger partial charge on any atom is 0.300 e. The van der Waals surface area contributed by atoms with Crippen LogP contribution in [-0.4, -0.2) is 44.3 Å². The number of aliphatic hydroxyl groups excluding tert-OH is 1. The van der Waals surface area contributed by atoms with E-state index in [9.17, 15) is 14.7 Å². The van der Waals surface area contributed by atoms with Crippen LogP contribution in [0.5, 0.6) is 17.2 Å². The highest BCUT2D eigenvalue weighted by Crippen LogP contribution is 2.45. The standard InChI is InChI=1S/C30H30N2O6/c1-18(2)16-36-23-12-7-20(8-13-23)28(33)26-27(19-5-9-21(10-6-19)31(3)4)32(30(35)29(26)34)22-11-14-24-25(15-22)38-17-37-24/h5-15,18,27,33H,16-17H2,1-4H3/b28-26+. The van der Waals surface area contributed by atoms with Gasteiger partial charge in [0.2, 0.25) is 6.79 Å². The predicted molar refractivity (Wildman–Crippen MR) is 145 cm³/mol. The first-order chi connectivity index (χ1) is 18.2. The van der Waals surface area contributed by atoms with E-state index in [0.29, 0.717) is 46.6 Å². The Labute approximate surface area is 221 Å². The molecule has 0 aromatic heterocycles. The van der Waals surface area contributed by atoms with Gasteiger partial charge in [0.15, 0.2) is 11.5 Å². The van der Waals surface area contributed by atoms with Crippen LogP contribution in [-0.2, 0) is 9.59 Å². The molecule has 0 radical (unpaired) electrons. The number of anilines is 2. The SMILES string of the molecule is CC(C)COc1ccc(/C(O)=C2\C(=O)C(=O)N(c3ccc4c(c3)OCO4)C2c2ccc(N(C)C)cc2)cc1. The molecule has 1 N–H and O–H groups in total. The summed E-state index contributed by atoms with van der Waals surface area (Å²) in [7, 11) is 3.87. The van der Waals surface area contributed by atoms with Crippen molar-refractivity contribution in [2.45, 2.75) is 19.9 Å². The third kappa shape index (κ3) is 4.65. The van der Waals surface area contributed by atoms with Crippen LogP contribution in [0, 0.1) is 5.92 Å². The molecule has 3 aromatic carbocycles. The number of benzene rings is 3. The van der Waals surface area contributed by atoms with Crippen LogP contribution in [0.4, 0.5) is 11.4 Å². The Hall–Kier alpha value is -4.46. The number of rotatable bonds is 7. The number of carbonyl (C=O) groups excluding carboxylic acids is 2. The van der Waals surface area contributed by atoms with Crippen LogP contribution >= 0.6 is 0 Å². The van der Waals surface area contributed by atoms with Crippen LogP contribution in [0.15, 0.2) is 72.3 Å². The quantitative estimate of drug-likeness (QED) is 0.265. The smallest absolute Gasteiger partial charge is 0.300 e. The molecule has 1 saturated heterocycles. The maximum absolute atomic E-state index is 13.4. The molecule has 2 aliphatic heterocycles. The Balaban J connectivity index is 1.60. The zero-order chi connectivity index (χ0) is 27.0. The fourth-order valence-electron chi connectivity index (χ4n) is 4.53. The summed E-state index contributed by atoms with van der Waals surface area (Å²) in [5.74, 6) is 0.343. The molecule has 1 fully saturated rings. The van der Waals surface area contributed by atoms with E-state index in [-0.39, 0.29) is 18.1 Å². The fourth-order valence-corrected chi connectivity index (χ4v) is 4.53. The summed E-state index contributed by atoms with van der Waals surface area (Å²) < 4.78 is 16.7. The van der Waals surface area contributed by atoms with Crippen molar-refractivity contribution in [2.24, 2.45) is 5.92 Å². The molecule has 8 heteroatoms. The van der Waals surface area contributed by atoms with Gasteiger partial charge in [-0.1, -0.05) is 26.0 Å². The first-order valence-electron chi connectivity index (χ1n) is 12.5. The molecule has 196 valence electrons. The Morgan fingerprint density at radius 2 is 1.68 bits per heavy atom. The average molecular weight is 515 g/mol. The highest BCUT2D eigenvalue weighted by molar-refractivity contribution is 6.51. The van der Waals surface area contributed by atoms with Gasteiger partial charge in [0.05, 0.1) is 18.2 Å². The van der Waals surface area contributed by atoms with Crippen molar-refractivity contribution >= 4 is 28.8 Å². The van der Waals surface area contributed by atoms with Gasteiger partial charge in [-0.25, -0.2) is 0 Å². The monoisotopic (exact) mass is 514 g/mol. The molecule has 1 atom stereocenters. The molecule has 8 nitrogen and oxygen atoms in total.